The zero-order valence-corrected chi connectivity index (χ0v) is 13.5. The molecule has 0 aliphatic carbocycles. The lowest BCUT2D eigenvalue weighted by Crippen LogP contribution is -2.16. The number of carbonyl (C=O) groups is 1. The minimum atomic E-state index is -0.315. The van der Waals surface area contributed by atoms with Crippen LogP contribution >= 0.6 is 11.3 Å². The van der Waals surface area contributed by atoms with E-state index in [-0.39, 0.29) is 5.91 Å². The molecule has 0 saturated carbocycles. The molecule has 3 heterocycles. The molecule has 4 rings (SSSR count). The van der Waals surface area contributed by atoms with Gasteiger partial charge >= 0.3 is 0 Å². The Labute approximate surface area is 135 Å². The van der Waals surface area contributed by atoms with Crippen molar-refractivity contribution in [2.24, 2.45) is 19.1 Å². The zero-order valence-electron chi connectivity index (χ0n) is 12.6. The van der Waals surface area contributed by atoms with E-state index in [1.807, 2.05) is 23.7 Å². The number of fused-ring (bicyclic) bond motifs is 2. The lowest BCUT2D eigenvalue weighted by atomic mass is 10.3. The molecule has 1 aliphatic heterocycles. The monoisotopic (exact) mass is 330 g/mol. The normalized spacial score (nSPS) is 14.4. The number of ether oxygens (including phenoxy) is 2. The molecule has 7 nitrogen and oxygen atoms in total. The van der Waals surface area contributed by atoms with Crippen LogP contribution in [0.15, 0.2) is 29.4 Å². The van der Waals surface area contributed by atoms with Crippen molar-refractivity contribution in [2.45, 2.75) is 0 Å². The number of benzene rings is 1. The van der Waals surface area contributed by atoms with E-state index in [0.29, 0.717) is 23.7 Å². The van der Waals surface area contributed by atoms with Gasteiger partial charge in [0.1, 0.15) is 18.9 Å². The standard InChI is InChI=1S/C15H14N4O3S/c1-18-10-7-11-12(22-6-5-21-11)8-13(10)23-15(18)17-14(20)9-3-4-16-19(9)2/h3-4,7-8H,5-6H2,1-2H3. The van der Waals surface area contributed by atoms with E-state index in [1.54, 1.807) is 19.3 Å². The Balaban J connectivity index is 1.84. The second-order valence-electron chi connectivity index (χ2n) is 5.16. The van der Waals surface area contributed by atoms with E-state index in [0.717, 1.165) is 21.7 Å². The maximum absolute atomic E-state index is 12.3. The Morgan fingerprint density at radius 1 is 1.26 bits per heavy atom. The second kappa shape index (κ2) is 5.24. The Kier molecular flexibility index (Phi) is 3.19. The summed E-state index contributed by atoms with van der Waals surface area (Å²) in [5.41, 5.74) is 1.41. The number of rotatable bonds is 1. The summed E-state index contributed by atoms with van der Waals surface area (Å²) in [6.45, 7) is 1.09. The SMILES string of the molecule is Cn1nccc1C(=O)N=c1sc2cc3c(cc2n1C)OCCO3. The number of carbonyl (C=O) groups excluding carboxylic acids is 1. The fraction of sp³-hybridized carbons (Fsp3) is 0.267. The first-order valence-corrected chi connectivity index (χ1v) is 7.91. The molecule has 23 heavy (non-hydrogen) atoms. The van der Waals surface area contributed by atoms with E-state index in [1.165, 1.54) is 16.0 Å². The summed E-state index contributed by atoms with van der Waals surface area (Å²) in [4.78, 5) is 17.1. The molecule has 1 aliphatic rings. The van der Waals surface area contributed by atoms with Crippen molar-refractivity contribution in [3.63, 3.8) is 0 Å². The van der Waals surface area contributed by atoms with Crippen molar-refractivity contribution in [3.8, 4) is 11.5 Å². The molecule has 0 radical (unpaired) electrons. The Morgan fingerprint density at radius 3 is 2.70 bits per heavy atom. The molecule has 0 atom stereocenters. The van der Waals surface area contributed by atoms with Crippen LogP contribution < -0.4 is 14.3 Å². The Morgan fingerprint density at radius 2 is 2.00 bits per heavy atom. The van der Waals surface area contributed by atoms with E-state index >= 15 is 0 Å². The molecule has 1 amide bonds. The second-order valence-corrected chi connectivity index (χ2v) is 6.17. The van der Waals surface area contributed by atoms with Crippen LogP contribution in [0.4, 0.5) is 0 Å². The minimum Gasteiger partial charge on any atom is -0.486 e. The van der Waals surface area contributed by atoms with E-state index in [2.05, 4.69) is 10.1 Å². The predicted octanol–water partition coefficient (Wildman–Crippen LogP) is 1.49. The third-order valence-corrected chi connectivity index (χ3v) is 4.81. The molecule has 0 N–H and O–H groups in total. The van der Waals surface area contributed by atoms with Gasteiger partial charge in [0.05, 0.1) is 10.2 Å². The van der Waals surface area contributed by atoms with Gasteiger partial charge in [-0.25, -0.2) is 0 Å². The summed E-state index contributed by atoms with van der Waals surface area (Å²) >= 11 is 1.44. The summed E-state index contributed by atoms with van der Waals surface area (Å²) in [5.74, 6) is 1.14. The van der Waals surface area contributed by atoms with Crippen molar-refractivity contribution >= 4 is 27.5 Å². The third-order valence-electron chi connectivity index (χ3n) is 3.71. The van der Waals surface area contributed by atoms with Crippen molar-refractivity contribution in [1.82, 2.24) is 14.3 Å². The first-order chi connectivity index (χ1) is 11.1. The third kappa shape index (κ3) is 2.31. The molecule has 0 fully saturated rings. The maximum atomic E-state index is 12.3. The lowest BCUT2D eigenvalue weighted by Gasteiger charge is -2.18. The first-order valence-electron chi connectivity index (χ1n) is 7.10. The maximum Gasteiger partial charge on any atom is 0.297 e. The molecule has 1 aromatic carbocycles. The van der Waals surface area contributed by atoms with Gasteiger partial charge < -0.3 is 14.0 Å². The molecular weight excluding hydrogens is 316 g/mol. The summed E-state index contributed by atoms with van der Waals surface area (Å²) in [6.07, 6.45) is 1.58. The molecule has 2 aromatic heterocycles. The summed E-state index contributed by atoms with van der Waals surface area (Å²) in [5, 5.41) is 4.00. The summed E-state index contributed by atoms with van der Waals surface area (Å²) in [7, 11) is 3.60. The van der Waals surface area contributed by atoms with Gasteiger partial charge in [-0.2, -0.15) is 10.1 Å². The van der Waals surface area contributed by atoms with Gasteiger partial charge in [-0.05, 0) is 6.07 Å². The topological polar surface area (TPSA) is 70.6 Å². The molecule has 118 valence electrons. The van der Waals surface area contributed by atoms with Crippen LogP contribution in [0, 0.1) is 0 Å². The van der Waals surface area contributed by atoms with Gasteiger partial charge in [0.25, 0.3) is 5.91 Å². The zero-order chi connectivity index (χ0) is 16.0. The predicted molar refractivity (Wildman–Crippen MR) is 84.9 cm³/mol. The van der Waals surface area contributed by atoms with Crippen LogP contribution in [-0.2, 0) is 14.1 Å². The van der Waals surface area contributed by atoms with Crippen molar-refractivity contribution in [1.29, 1.82) is 0 Å². The van der Waals surface area contributed by atoms with Gasteiger partial charge in [-0.15, -0.1) is 0 Å². The van der Waals surface area contributed by atoms with Crippen LogP contribution in [0.2, 0.25) is 0 Å². The van der Waals surface area contributed by atoms with Crippen LogP contribution in [0.5, 0.6) is 11.5 Å². The molecule has 0 bridgehead atoms. The van der Waals surface area contributed by atoms with Gasteiger partial charge in [0, 0.05) is 32.4 Å². The average molecular weight is 330 g/mol. The molecule has 3 aromatic rings. The first kappa shape index (κ1) is 14.0. The molecule has 0 spiro atoms. The number of thiazole rings is 1. The van der Waals surface area contributed by atoms with E-state index in [9.17, 15) is 4.79 Å². The molecular formula is C15H14N4O3S. The van der Waals surface area contributed by atoms with Crippen LogP contribution in [0.25, 0.3) is 10.2 Å². The summed E-state index contributed by atoms with van der Waals surface area (Å²) in [6, 6.07) is 5.51. The number of aromatic nitrogens is 3. The van der Waals surface area contributed by atoms with Crippen LogP contribution in [0.1, 0.15) is 10.5 Å². The van der Waals surface area contributed by atoms with Gasteiger partial charge in [0.2, 0.25) is 0 Å². The fourth-order valence-corrected chi connectivity index (χ4v) is 3.53. The van der Waals surface area contributed by atoms with Crippen molar-refractivity contribution in [3.05, 3.63) is 34.9 Å². The Hall–Kier alpha value is -2.61. The van der Waals surface area contributed by atoms with Crippen LogP contribution in [-0.4, -0.2) is 33.5 Å². The number of nitrogens with zero attached hydrogens (tertiary/aromatic N) is 4. The number of amides is 1. The van der Waals surface area contributed by atoms with Gasteiger partial charge in [-0.1, -0.05) is 11.3 Å². The highest BCUT2D eigenvalue weighted by Crippen LogP contribution is 2.35. The highest BCUT2D eigenvalue weighted by Gasteiger charge is 2.16. The van der Waals surface area contributed by atoms with Crippen molar-refractivity contribution in [2.75, 3.05) is 13.2 Å². The van der Waals surface area contributed by atoms with Gasteiger partial charge in [-0.3, -0.25) is 9.48 Å². The number of hydrogen-bond donors (Lipinski definition) is 0. The molecule has 0 unspecified atom stereocenters. The van der Waals surface area contributed by atoms with E-state index < -0.39 is 0 Å². The smallest absolute Gasteiger partial charge is 0.297 e. The molecule has 0 saturated heterocycles. The van der Waals surface area contributed by atoms with Crippen LogP contribution in [0.3, 0.4) is 0 Å². The Bertz CT molecular complexity index is 982. The van der Waals surface area contributed by atoms with Crippen molar-refractivity contribution < 1.29 is 14.3 Å². The fourth-order valence-electron chi connectivity index (χ4n) is 2.50. The highest BCUT2D eigenvalue weighted by molar-refractivity contribution is 7.16. The quantitative estimate of drug-likeness (QED) is 0.678. The average Bonchev–Trinajstić information content (AvgIpc) is 3.10. The highest BCUT2D eigenvalue weighted by atomic mass is 32.1. The number of aryl methyl sites for hydroxylation is 2. The van der Waals surface area contributed by atoms with E-state index in [4.69, 9.17) is 9.47 Å². The van der Waals surface area contributed by atoms with Gasteiger partial charge in [0.15, 0.2) is 16.3 Å². The lowest BCUT2D eigenvalue weighted by molar-refractivity contribution is 0.0989. The number of hydrogen-bond acceptors (Lipinski definition) is 5. The molecule has 8 heteroatoms. The minimum absolute atomic E-state index is 0.315. The largest absolute Gasteiger partial charge is 0.486 e. The summed E-state index contributed by atoms with van der Waals surface area (Å²) < 4.78 is 15.6.